The molecule has 1 heterocycles. The number of benzene rings is 2. The maximum atomic E-state index is 12.9. The number of nitrogens with one attached hydrogen (secondary N) is 1. The van der Waals surface area contributed by atoms with Crippen molar-refractivity contribution in [1.82, 2.24) is 9.62 Å². The Bertz CT molecular complexity index is 895. The molecule has 0 saturated carbocycles. The highest BCUT2D eigenvalue weighted by molar-refractivity contribution is 7.98. The van der Waals surface area contributed by atoms with Crippen LogP contribution < -0.4 is 4.72 Å². The molecule has 2 aromatic rings. The minimum absolute atomic E-state index is 0.0906. The van der Waals surface area contributed by atoms with Gasteiger partial charge in [-0.25, -0.2) is 13.1 Å². The normalized spacial score (nSPS) is 14.9. The van der Waals surface area contributed by atoms with E-state index < -0.39 is 10.0 Å². The second-order valence-electron chi connectivity index (χ2n) is 6.08. The number of hydrogen-bond acceptors (Lipinski definition) is 5. The van der Waals surface area contributed by atoms with Crippen LogP contribution in [0.15, 0.2) is 58.3 Å². The number of carbonyl (C=O) groups excluding carboxylic acids is 1. The third kappa shape index (κ3) is 4.90. The van der Waals surface area contributed by atoms with Crippen LogP contribution in [0.5, 0.6) is 0 Å². The van der Waals surface area contributed by atoms with Crippen LogP contribution in [0.4, 0.5) is 0 Å². The lowest BCUT2D eigenvalue weighted by molar-refractivity contribution is 0.0300. The number of ether oxygens (including phenoxy) is 1. The molecule has 8 heteroatoms. The summed E-state index contributed by atoms with van der Waals surface area (Å²) in [6.45, 7) is 2.21. The zero-order valence-electron chi connectivity index (χ0n) is 15.1. The number of nitrogens with zero attached hydrogens (tertiary/aromatic N) is 1. The van der Waals surface area contributed by atoms with Gasteiger partial charge in [0.05, 0.1) is 23.7 Å². The van der Waals surface area contributed by atoms with E-state index in [1.807, 2.05) is 36.6 Å². The summed E-state index contributed by atoms with van der Waals surface area (Å²) in [4.78, 5) is 15.4. The van der Waals surface area contributed by atoms with Gasteiger partial charge in [0.2, 0.25) is 10.0 Å². The number of thioether (sulfide) groups is 1. The molecule has 27 heavy (non-hydrogen) atoms. The van der Waals surface area contributed by atoms with Gasteiger partial charge in [0.15, 0.2) is 0 Å². The number of morpholine rings is 1. The molecule has 6 nitrogen and oxygen atoms in total. The van der Waals surface area contributed by atoms with E-state index in [4.69, 9.17) is 4.74 Å². The van der Waals surface area contributed by atoms with E-state index >= 15 is 0 Å². The Balaban J connectivity index is 1.84. The van der Waals surface area contributed by atoms with Crippen molar-refractivity contribution in [3.63, 3.8) is 0 Å². The predicted molar refractivity (Wildman–Crippen MR) is 105 cm³/mol. The molecule has 144 valence electrons. The van der Waals surface area contributed by atoms with Crippen LogP contribution in [0.25, 0.3) is 0 Å². The van der Waals surface area contributed by atoms with E-state index in [1.54, 1.807) is 11.0 Å². The number of amides is 1. The average Bonchev–Trinajstić information content (AvgIpc) is 2.72. The number of sulfonamides is 1. The van der Waals surface area contributed by atoms with E-state index in [0.717, 1.165) is 10.5 Å². The lowest BCUT2D eigenvalue weighted by atomic mass is 10.2. The first-order valence-corrected chi connectivity index (χ1v) is 11.3. The zero-order valence-corrected chi connectivity index (χ0v) is 16.7. The molecule has 0 radical (unpaired) electrons. The maximum Gasteiger partial charge on any atom is 0.255 e. The van der Waals surface area contributed by atoms with Gasteiger partial charge in [-0.3, -0.25) is 4.79 Å². The molecule has 0 aliphatic carbocycles. The largest absolute Gasteiger partial charge is 0.378 e. The second-order valence-corrected chi connectivity index (χ2v) is 8.69. The summed E-state index contributed by atoms with van der Waals surface area (Å²) >= 11 is 1.42. The third-order valence-electron chi connectivity index (χ3n) is 4.32. The molecule has 1 aliphatic heterocycles. The molecule has 1 fully saturated rings. The monoisotopic (exact) mass is 406 g/mol. The number of rotatable bonds is 6. The Morgan fingerprint density at radius 2 is 1.85 bits per heavy atom. The van der Waals surface area contributed by atoms with Crippen molar-refractivity contribution in [2.24, 2.45) is 0 Å². The van der Waals surface area contributed by atoms with Gasteiger partial charge in [0.25, 0.3) is 5.91 Å². The molecular weight excluding hydrogens is 384 g/mol. The van der Waals surface area contributed by atoms with Gasteiger partial charge in [-0.1, -0.05) is 30.3 Å². The SMILES string of the molecule is CSc1ccc(S(=O)(=O)NCc2ccccc2)cc1C(=O)N1CCOCC1. The molecule has 0 unspecified atom stereocenters. The summed E-state index contributed by atoms with van der Waals surface area (Å²) in [6.07, 6.45) is 1.87. The summed E-state index contributed by atoms with van der Waals surface area (Å²) in [5.41, 5.74) is 1.28. The summed E-state index contributed by atoms with van der Waals surface area (Å²) in [6, 6.07) is 14.0. The van der Waals surface area contributed by atoms with Crippen molar-refractivity contribution < 1.29 is 17.9 Å². The Labute approximate surface area is 164 Å². The summed E-state index contributed by atoms with van der Waals surface area (Å²) in [5.74, 6) is -0.164. The smallest absolute Gasteiger partial charge is 0.255 e. The van der Waals surface area contributed by atoms with Crippen molar-refractivity contribution in [3.05, 3.63) is 59.7 Å². The average molecular weight is 407 g/mol. The predicted octanol–water partition coefficient (Wildman–Crippen LogP) is 2.36. The molecule has 0 spiro atoms. The molecule has 0 atom stereocenters. The zero-order chi connectivity index (χ0) is 19.3. The Kier molecular flexibility index (Phi) is 6.54. The Morgan fingerprint density at radius 3 is 2.52 bits per heavy atom. The highest BCUT2D eigenvalue weighted by atomic mass is 32.2. The van der Waals surface area contributed by atoms with E-state index in [1.165, 1.54) is 23.9 Å². The van der Waals surface area contributed by atoms with E-state index in [0.29, 0.717) is 31.9 Å². The highest BCUT2D eigenvalue weighted by Crippen LogP contribution is 2.25. The van der Waals surface area contributed by atoms with Crippen LogP contribution in [0.1, 0.15) is 15.9 Å². The third-order valence-corrected chi connectivity index (χ3v) is 6.51. The molecule has 1 aliphatic rings. The lowest BCUT2D eigenvalue weighted by Crippen LogP contribution is -2.41. The summed E-state index contributed by atoms with van der Waals surface area (Å²) in [5, 5.41) is 0. The van der Waals surface area contributed by atoms with Gasteiger partial charge in [0, 0.05) is 24.5 Å². The fourth-order valence-corrected chi connectivity index (χ4v) is 4.43. The minimum atomic E-state index is -3.72. The number of hydrogen-bond donors (Lipinski definition) is 1. The standard InChI is InChI=1S/C19H22N2O4S2/c1-26-18-8-7-16(13-17(18)19(22)21-9-11-25-12-10-21)27(23,24)20-14-15-5-3-2-4-6-15/h2-8,13,20H,9-12,14H2,1H3. The molecule has 1 N–H and O–H groups in total. The van der Waals surface area contributed by atoms with Crippen molar-refractivity contribution in [3.8, 4) is 0 Å². The molecule has 0 aromatic heterocycles. The Morgan fingerprint density at radius 1 is 1.15 bits per heavy atom. The molecule has 3 rings (SSSR count). The van der Waals surface area contributed by atoms with Crippen molar-refractivity contribution in [2.75, 3.05) is 32.6 Å². The van der Waals surface area contributed by atoms with Crippen LogP contribution in [0.2, 0.25) is 0 Å². The first kappa shape index (κ1) is 19.9. The van der Waals surface area contributed by atoms with Crippen LogP contribution in [0, 0.1) is 0 Å². The fraction of sp³-hybridized carbons (Fsp3) is 0.316. The van der Waals surface area contributed by atoms with Crippen molar-refractivity contribution >= 4 is 27.7 Å². The maximum absolute atomic E-state index is 12.9. The summed E-state index contributed by atoms with van der Waals surface area (Å²) < 4.78 is 33.3. The summed E-state index contributed by atoms with van der Waals surface area (Å²) in [7, 11) is -3.72. The number of carbonyl (C=O) groups is 1. The first-order valence-electron chi connectivity index (χ1n) is 8.60. The van der Waals surface area contributed by atoms with E-state index in [9.17, 15) is 13.2 Å². The van der Waals surface area contributed by atoms with Gasteiger partial charge >= 0.3 is 0 Å². The fourth-order valence-electron chi connectivity index (χ4n) is 2.82. The molecule has 0 bridgehead atoms. The molecule has 1 amide bonds. The van der Waals surface area contributed by atoms with Gasteiger partial charge in [-0.15, -0.1) is 11.8 Å². The second kappa shape index (κ2) is 8.88. The molecule has 1 saturated heterocycles. The van der Waals surface area contributed by atoms with Gasteiger partial charge in [-0.05, 0) is 30.0 Å². The highest BCUT2D eigenvalue weighted by Gasteiger charge is 2.24. The topological polar surface area (TPSA) is 75.7 Å². The van der Waals surface area contributed by atoms with E-state index in [-0.39, 0.29) is 17.3 Å². The van der Waals surface area contributed by atoms with Gasteiger partial charge < -0.3 is 9.64 Å². The van der Waals surface area contributed by atoms with Crippen LogP contribution in [0.3, 0.4) is 0 Å². The van der Waals surface area contributed by atoms with Crippen LogP contribution >= 0.6 is 11.8 Å². The van der Waals surface area contributed by atoms with Gasteiger partial charge in [-0.2, -0.15) is 0 Å². The Hall–Kier alpha value is -1.87. The molecule has 2 aromatic carbocycles. The van der Waals surface area contributed by atoms with Crippen LogP contribution in [-0.2, 0) is 21.3 Å². The van der Waals surface area contributed by atoms with Crippen LogP contribution in [-0.4, -0.2) is 51.8 Å². The minimum Gasteiger partial charge on any atom is -0.378 e. The van der Waals surface area contributed by atoms with E-state index in [2.05, 4.69) is 4.72 Å². The quantitative estimate of drug-likeness (QED) is 0.746. The van der Waals surface area contributed by atoms with Crippen molar-refractivity contribution in [2.45, 2.75) is 16.3 Å². The van der Waals surface area contributed by atoms with Crippen molar-refractivity contribution in [1.29, 1.82) is 0 Å². The lowest BCUT2D eigenvalue weighted by Gasteiger charge is -2.27. The first-order chi connectivity index (χ1) is 13.0. The molecular formula is C19H22N2O4S2. The van der Waals surface area contributed by atoms with Gasteiger partial charge in [0.1, 0.15) is 0 Å².